The molecule has 0 radical (unpaired) electrons. The Balaban J connectivity index is 0.00000312. The molecule has 5 nitrogen and oxygen atoms in total. The summed E-state index contributed by atoms with van der Waals surface area (Å²) in [5, 5.41) is 4.30. The summed E-state index contributed by atoms with van der Waals surface area (Å²) in [5.41, 5.74) is 1.28. The van der Waals surface area contributed by atoms with Gasteiger partial charge in [0.2, 0.25) is 0 Å². The van der Waals surface area contributed by atoms with Gasteiger partial charge in [-0.1, -0.05) is 23.7 Å². The van der Waals surface area contributed by atoms with Crippen LogP contribution < -0.4 is 5.32 Å². The summed E-state index contributed by atoms with van der Waals surface area (Å²) >= 11 is 6.08. The Morgan fingerprint density at radius 1 is 1.28 bits per heavy atom. The Labute approximate surface area is 173 Å². The number of benzene rings is 1. The second-order valence-electron chi connectivity index (χ2n) is 6.62. The Morgan fingerprint density at radius 3 is 2.52 bits per heavy atom. The van der Waals surface area contributed by atoms with E-state index in [0.717, 1.165) is 50.1 Å². The minimum atomic E-state index is 0. The molecule has 1 heterocycles. The predicted octanol–water partition coefficient (Wildman–Crippen LogP) is 3.08. The molecule has 0 aromatic heterocycles. The lowest BCUT2D eigenvalue weighted by molar-refractivity contribution is -0.00522. The number of nitrogens with one attached hydrogen (secondary N) is 1. The predicted molar refractivity (Wildman–Crippen MR) is 116 cm³/mol. The lowest BCUT2D eigenvalue weighted by Gasteiger charge is -2.43. The monoisotopic (exact) mass is 480 g/mol. The van der Waals surface area contributed by atoms with Crippen molar-refractivity contribution in [3.63, 3.8) is 0 Å². The number of rotatable bonds is 5. The van der Waals surface area contributed by atoms with Crippen molar-refractivity contribution in [1.29, 1.82) is 0 Å². The highest BCUT2D eigenvalue weighted by Crippen LogP contribution is 2.25. The van der Waals surface area contributed by atoms with E-state index in [1.165, 1.54) is 5.56 Å². The first-order valence-electron chi connectivity index (χ1n) is 8.38. The second-order valence-corrected chi connectivity index (χ2v) is 7.05. The molecule has 1 aliphatic heterocycles. The molecule has 1 fully saturated rings. The maximum absolute atomic E-state index is 6.08. The van der Waals surface area contributed by atoms with Gasteiger partial charge in [0, 0.05) is 51.0 Å². The van der Waals surface area contributed by atoms with Crippen molar-refractivity contribution in [2.75, 3.05) is 47.9 Å². The quantitative estimate of drug-likeness (QED) is 0.399. The number of ether oxygens (including phenoxy) is 1. The van der Waals surface area contributed by atoms with Crippen molar-refractivity contribution in [2.24, 2.45) is 4.99 Å². The van der Waals surface area contributed by atoms with Gasteiger partial charge in [-0.3, -0.25) is 4.99 Å². The molecule has 1 saturated heterocycles. The van der Waals surface area contributed by atoms with Crippen molar-refractivity contribution < 1.29 is 4.74 Å². The van der Waals surface area contributed by atoms with Gasteiger partial charge in [-0.2, -0.15) is 0 Å². The molecule has 0 amide bonds. The Kier molecular flexibility index (Phi) is 9.48. The van der Waals surface area contributed by atoms with E-state index in [9.17, 15) is 0 Å². The summed E-state index contributed by atoms with van der Waals surface area (Å²) in [6, 6.07) is 7.94. The lowest BCUT2D eigenvalue weighted by Crippen LogP contribution is -2.57. The fourth-order valence-electron chi connectivity index (χ4n) is 3.15. The van der Waals surface area contributed by atoms with Crippen LogP contribution in [0.15, 0.2) is 29.3 Å². The summed E-state index contributed by atoms with van der Waals surface area (Å²) in [6.45, 7) is 3.25. The molecule has 0 aliphatic carbocycles. The fraction of sp³-hybridized carbons (Fsp3) is 0.611. The average Bonchev–Trinajstić information content (AvgIpc) is 2.56. The number of hydrogen-bond donors (Lipinski definition) is 1. The highest BCUT2D eigenvalue weighted by atomic mass is 127. The first-order chi connectivity index (χ1) is 11.5. The summed E-state index contributed by atoms with van der Waals surface area (Å²) in [5.74, 6) is 0.891. The molecule has 0 saturated carbocycles. The molecule has 1 aromatic rings. The van der Waals surface area contributed by atoms with Crippen LogP contribution in [0.1, 0.15) is 18.4 Å². The number of likely N-dealkylation sites (N-methyl/N-ethyl adjacent to an activating group) is 1. The van der Waals surface area contributed by atoms with Crippen LogP contribution in [-0.4, -0.2) is 69.2 Å². The normalized spacial score (nSPS) is 17.1. The smallest absolute Gasteiger partial charge is 0.193 e. The van der Waals surface area contributed by atoms with Gasteiger partial charge in [-0.15, -0.1) is 24.0 Å². The van der Waals surface area contributed by atoms with Crippen molar-refractivity contribution in [3.8, 4) is 0 Å². The van der Waals surface area contributed by atoms with E-state index in [0.29, 0.717) is 0 Å². The molecule has 0 spiro atoms. The van der Waals surface area contributed by atoms with Gasteiger partial charge in [0.1, 0.15) is 0 Å². The Hall–Kier alpha value is -0.570. The Bertz CT molecular complexity index is 562. The highest BCUT2D eigenvalue weighted by molar-refractivity contribution is 14.0. The minimum Gasteiger partial charge on any atom is -0.381 e. The Morgan fingerprint density at radius 2 is 1.96 bits per heavy atom. The molecule has 142 valence electrons. The molecule has 1 aliphatic rings. The number of hydrogen-bond acceptors (Lipinski definition) is 3. The third-order valence-electron chi connectivity index (χ3n) is 4.83. The largest absolute Gasteiger partial charge is 0.381 e. The van der Waals surface area contributed by atoms with Crippen LogP contribution in [0, 0.1) is 0 Å². The molecule has 0 unspecified atom stereocenters. The fourth-order valence-corrected chi connectivity index (χ4v) is 3.36. The van der Waals surface area contributed by atoms with E-state index in [1.54, 1.807) is 0 Å². The lowest BCUT2D eigenvalue weighted by atomic mass is 9.88. The standard InChI is InChI=1S/C18H29ClN4O.HI/c1-20-17(23(4)13-15-6-5-7-16(19)12-15)21-14-18(22(2)3)8-10-24-11-9-18;/h5-7,12H,8-11,13-14H2,1-4H3,(H,20,21);1H. The van der Waals surface area contributed by atoms with E-state index in [2.05, 4.69) is 40.3 Å². The zero-order valence-corrected chi connectivity index (χ0v) is 18.7. The van der Waals surface area contributed by atoms with E-state index in [4.69, 9.17) is 16.3 Å². The summed E-state index contributed by atoms with van der Waals surface area (Å²) in [7, 11) is 8.16. The van der Waals surface area contributed by atoms with Crippen molar-refractivity contribution in [3.05, 3.63) is 34.9 Å². The zero-order valence-electron chi connectivity index (χ0n) is 15.6. The molecule has 1 aromatic carbocycles. The van der Waals surface area contributed by atoms with Crippen molar-refractivity contribution in [1.82, 2.24) is 15.1 Å². The summed E-state index contributed by atoms with van der Waals surface area (Å²) in [4.78, 5) is 8.86. The average molecular weight is 481 g/mol. The van der Waals surface area contributed by atoms with E-state index in [-0.39, 0.29) is 29.5 Å². The second kappa shape index (κ2) is 10.5. The number of guanidine groups is 1. The highest BCUT2D eigenvalue weighted by Gasteiger charge is 2.35. The van der Waals surface area contributed by atoms with Gasteiger partial charge in [0.05, 0.1) is 0 Å². The number of aliphatic imine (C=N–C) groups is 1. The van der Waals surface area contributed by atoms with Crippen LogP contribution in [0.25, 0.3) is 0 Å². The van der Waals surface area contributed by atoms with E-state index in [1.807, 2.05) is 32.3 Å². The SMILES string of the molecule is CN=C(NCC1(N(C)C)CCOCC1)N(C)Cc1cccc(Cl)c1.I. The van der Waals surface area contributed by atoms with Crippen molar-refractivity contribution in [2.45, 2.75) is 24.9 Å². The summed E-state index contributed by atoms with van der Waals surface area (Å²) in [6.07, 6.45) is 2.06. The summed E-state index contributed by atoms with van der Waals surface area (Å²) < 4.78 is 5.54. The number of halogens is 2. The molecule has 1 N–H and O–H groups in total. The van der Waals surface area contributed by atoms with Crippen molar-refractivity contribution >= 4 is 41.5 Å². The molecule has 0 bridgehead atoms. The molecular formula is C18H30ClIN4O. The molecule has 0 atom stereocenters. The first kappa shape index (κ1) is 22.5. The first-order valence-corrected chi connectivity index (χ1v) is 8.76. The maximum Gasteiger partial charge on any atom is 0.193 e. The van der Waals surface area contributed by atoms with Gasteiger partial charge < -0.3 is 19.9 Å². The third kappa shape index (κ3) is 6.27. The van der Waals surface area contributed by atoms with Crippen LogP contribution in [0.3, 0.4) is 0 Å². The maximum atomic E-state index is 6.08. The van der Waals surface area contributed by atoms with Crippen LogP contribution in [0.2, 0.25) is 5.02 Å². The van der Waals surface area contributed by atoms with Crippen LogP contribution >= 0.6 is 35.6 Å². The molecular weight excluding hydrogens is 451 g/mol. The third-order valence-corrected chi connectivity index (χ3v) is 5.07. The van der Waals surface area contributed by atoms with Crippen LogP contribution in [0.4, 0.5) is 0 Å². The topological polar surface area (TPSA) is 40.1 Å². The van der Waals surface area contributed by atoms with Crippen LogP contribution in [0.5, 0.6) is 0 Å². The van der Waals surface area contributed by atoms with Gasteiger partial charge in [0.15, 0.2) is 5.96 Å². The molecule has 7 heteroatoms. The molecule has 25 heavy (non-hydrogen) atoms. The number of nitrogens with zero attached hydrogens (tertiary/aromatic N) is 3. The van der Waals surface area contributed by atoms with Gasteiger partial charge >= 0.3 is 0 Å². The van der Waals surface area contributed by atoms with Gasteiger partial charge in [-0.05, 0) is 44.6 Å². The van der Waals surface area contributed by atoms with Gasteiger partial charge in [0.25, 0.3) is 0 Å². The van der Waals surface area contributed by atoms with E-state index < -0.39 is 0 Å². The minimum absolute atomic E-state index is 0. The van der Waals surface area contributed by atoms with Crippen LogP contribution in [-0.2, 0) is 11.3 Å². The van der Waals surface area contributed by atoms with E-state index >= 15 is 0 Å². The van der Waals surface area contributed by atoms with Gasteiger partial charge in [-0.25, -0.2) is 0 Å². The molecule has 2 rings (SSSR count). The zero-order chi connectivity index (χ0) is 17.6.